The summed E-state index contributed by atoms with van der Waals surface area (Å²) < 4.78 is 76.4. The Balaban J connectivity index is 1.66. The number of carbonyl (C=O) groups is 3. The summed E-state index contributed by atoms with van der Waals surface area (Å²) >= 11 is 0. The van der Waals surface area contributed by atoms with Crippen molar-refractivity contribution >= 4 is 18.0 Å². The Morgan fingerprint density at radius 3 is 1.95 bits per heavy atom. The second-order valence-electron chi connectivity index (χ2n) is 13.9. The summed E-state index contributed by atoms with van der Waals surface area (Å²) in [6, 6.07) is 15.6. The molecule has 2 atom stereocenters. The maximum absolute atomic E-state index is 14.7. The number of nitrogens with zero attached hydrogens (tertiary/aromatic N) is 1. The van der Waals surface area contributed by atoms with Gasteiger partial charge in [0.2, 0.25) is 5.91 Å². The Hall–Kier alpha value is -5.02. The number of benzene rings is 3. The normalized spacial score (nSPS) is 13.5. The number of carboxylic acids is 1. The maximum atomic E-state index is 14.7. The lowest BCUT2D eigenvalue weighted by Crippen LogP contribution is -2.56. The van der Waals surface area contributed by atoms with Crippen LogP contribution in [0.5, 0.6) is 17.2 Å². The highest BCUT2D eigenvalue weighted by Gasteiger charge is 2.44. The van der Waals surface area contributed by atoms with Crippen LogP contribution in [0.2, 0.25) is 0 Å². The largest absolute Gasteiger partial charge is 0.496 e. The molecule has 0 unspecified atom stereocenters. The number of aliphatic carboxylic acids is 1. The number of nitrogens with one attached hydrogen (secondary N) is 1. The van der Waals surface area contributed by atoms with E-state index in [-0.39, 0.29) is 55.0 Å². The number of rotatable bonds is 21. The van der Waals surface area contributed by atoms with E-state index in [1.807, 2.05) is 62.4 Å². The smallest absolute Gasteiger partial charge is 0.407 e. The first kappa shape index (κ1) is 43.7. The number of alkyl carbamates (subject to hydrolysis) is 1. The molecule has 56 heavy (non-hydrogen) atoms. The Morgan fingerprint density at radius 1 is 0.875 bits per heavy atom. The first-order chi connectivity index (χ1) is 26.7. The van der Waals surface area contributed by atoms with Crippen molar-refractivity contribution in [2.24, 2.45) is 5.92 Å². The average molecular weight is 789 g/mol. The third kappa shape index (κ3) is 11.5. The Morgan fingerprint density at radius 2 is 1.45 bits per heavy atom. The molecule has 0 aromatic heterocycles. The van der Waals surface area contributed by atoms with Crippen molar-refractivity contribution in [3.05, 3.63) is 77.4 Å². The third-order valence-electron chi connectivity index (χ3n) is 9.51. The van der Waals surface area contributed by atoms with Gasteiger partial charge >= 0.3 is 18.2 Å². The van der Waals surface area contributed by atoms with Crippen molar-refractivity contribution in [3.8, 4) is 28.4 Å². The molecule has 1 aliphatic carbocycles. The summed E-state index contributed by atoms with van der Waals surface area (Å²) in [4.78, 5) is 40.1. The number of halogens is 3. The van der Waals surface area contributed by atoms with E-state index in [0.717, 1.165) is 27.2 Å². The molecule has 0 fully saturated rings. The van der Waals surface area contributed by atoms with Gasteiger partial charge in [0.1, 0.15) is 29.9 Å². The Kier molecular flexibility index (Phi) is 15.8. The number of amides is 2. The number of fused-ring (bicyclic) bond motifs is 3. The van der Waals surface area contributed by atoms with Crippen LogP contribution >= 0.6 is 0 Å². The molecule has 3 aromatic rings. The van der Waals surface area contributed by atoms with Gasteiger partial charge in [-0.15, -0.1) is 0 Å². The van der Waals surface area contributed by atoms with Gasteiger partial charge in [-0.3, -0.25) is 9.59 Å². The topological polar surface area (TPSA) is 142 Å². The summed E-state index contributed by atoms with van der Waals surface area (Å²) in [5.41, 5.74) is 4.25. The van der Waals surface area contributed by atoms with Crippen molar-refractivity contribution in [1.29, 1.82) is 0 Å². The zero-order chi connectivity index (χ0) is 41.0. The SMILES string of the molecule is COc1cc(OCCCCC(=O)O)cc(OC)c1CN(C(=O)[C@H](CC(C)C)NC(=O)OCC1c2ccccc2-c2ccccc21)[C@@H](CC(F)(F)F)C(OC)OC. The highest BCUT2D eigenvalue weighted by Crippen LogP contribution is 2.44. The summed E-state index contributed by atoms with van der Waals surface area (Å²) in [6.45, 7) is 3.29. The fourth-order valence-electron chi connectivity index (χ4n) is 6.97. The third-order valence-corrected chi connectivity index (χ3v) is 9.51. The Bertz CT molecular complexity index is 1710. The van der Waals surface area contributed by atoms with Gasteiger partial charge in [-0.1, -0.05) is 62.4 Å². The molecule has 15 heteroatoms. The molecular formula is C41H51F3N2O10. The van der Waals surface area contributed by atoms with Crippen LogP contribution in [0, 0.1) is 5.92 Å². The maximum Gasteiger partial charge on any atom is 0.407 e. The molecule has 3 aromatic carbocycles. The number of ether oxygens (including phenoxy) is 6. The van der Waals surface area contributed by atoms with E-state index < -0.39 is 55.5 Å². The van der Waals surface area contributed by atoms with Gasteiger partial charge in [0, 0.05) is 38.7 Å². The molecule has 12 nitrogen and oxygen atoms in total. The van der Waals surface area contributed by atoms with Crippen LogP contribution in [0.4, 0.5) is 18.0 Å². The molecule has 2 amide bonds. The van der Waals surface area contributed by atoms with Crippen LogP contribution in [0.15, 0.2) is 60.7 Å². The molecule has 4 rings (SSSR count). The summed E-state index contributed by atoms with van der Waals surface area (Å²) in [6.07, 6.45) is -7.83. The second-order valence-corrected chi connectivity index (χ2v) is 13.9. The van der Waals surface area contributed by atoms with E-state index in [1.54, 1.807) is 0 Å². The summed E-state index contributed by atoms with van der Waals surface area (Å²) in [5.74, 6) is -1.63. The van der Waals surface area contributed by atoms with Gasteiger partial charge in [0.25, 0.3) is 0 Å². The summed E-state index contributed by atoms with van der Waals surface area (Å²) in [5, 5.41) is 11.6. The van der Waals surface area contributed by atoms with E-state index >= 15 is 0 Å². The molecule has 0 saturated carbocycles. The van der Waals surface area contributed by atoms with Crippen molar-refractivity contribution in [3.63, 3.8) is 0 Å². The molecule has 0 aliphatic heterocycles. The molecule has 306 valence electrons. The Labute approximate surface area is 325 Å². The molecule has 0 saturated heterocycles. The molecule has 0 spiro atoms. The quantitative estimate of drug-likeness (QED) is 0.0821. The number of carbonyl (C=O) groups excluding carboxylic acids is 2. The first-order valence-electron chi connectivity index (χ1n) is 18.3. The average Bonchev–Trinajstić information content (AvgIpc) is 3.48. The van der Waals surface area contributed by atoms with Gasteiger partial charge in [0.05, 0.1) is 45.4 Å². The number of hydrogen-bond acceptors (Lipinski definition) is 9. The number of alkyl halides is 3. The highest BCUT2D eigenvalue weighted by atomic mass is 19.4. The minimum Gasteiger partial charge on any atom is -0.496 e. The lowest BCUT2D eigenvalue weighted by molar-refractivity contribution is -0.201. The summed E-state index contributed by atoms with van der Waals surface area (Å²) in [7, 11) is 5.04. The van der Waals surface area contributed by atoms with Crippen molar-refractivity contribution < 1.29 is 61.1 Å². The molecule has 0 radical (unpaired) electrons. The predicted octanol–water partition coefficient (Wildman–Crippen LogP) is 7.56. The van der Waals surface area contributed by atoms with E-state index in [0.29, 0.717) is 18.6 Å². The molecule has 0 heterocycles. The minimum atomic E-state index is -4.77. The van der Waals surface area contributed by atoms with E-state index in [4.69, 9.17) is 33.5 Å². The van der Waals surface area contributed by atoms with Gasteiger partial charge in [-0.05, 0) is 47.4 Å². The van der Waals surface area contributed by atoms with E-state index in [9.17, 15) is 27.6 Å². The first-order valence-corrected chi connectivity index (χ1v) is 18.3. The molecule has 0 bridgehead atoms. The van der Waals surface area contributed by atoms with Crippen molar-refractivity contribution in [2.75, 3.05) is 41.7 Å². The van der Waals surface area contributed by atoms with Crippen molar-refractivity contribution in [2.45, 2.75) is 83.0 Å². The van der Waals surface area contributed by atoms with Crippen LogP contribution in [-0.2, 0) is 30.3 Å². The zero-order valence-corrected chi connectivity index (χ0v) is 32.5. The van der Waals surface area contributed by atoms with Gasteiger partial charge in [-0.2, -0.15) is 13.2 Å². The predicted molar refractivity (Wildman–Crippen MR) is 201 cm³/mol. The highest BCUT2D eigenvalue weighted by molar-refractivity contribution is 5.86. The van der Waals surface area contributed by atoms with E-state index in [2.05, 4.69) is 5.32 Å². The molecule has 2 N–H and O–H groups in total. The van der Waals surface area contributed by atoms with Gasteiger partial charge in [-0.25, -0.2) is 4.79 Å². The fraction of sp³-hybridized carbons (Fsp3) is 0.488. The van der Waals surface area contributed by atoms with E-state index in [1.165, 1.54) is 40.6 Å². The number of hydrogen-bond donors (Lipinski definition) is 2. The van der Waals surface area contributed by atoms with Crippen molar-refractivity contribution in [1.82, 2.24) is 10.2 Å². The minimum absolute atomic E-state index is 0.0181. The van der Waals surface area contributed by atoms with Crippen LogP contribution in [0.3, 0.4) is 0 Å². The molecule has 1 aliphatic rings. The number of methoxy groups -OCH3 is 4. The van der Waals surface area contributed by atoms with Crippen LogP contribution in [0.25, 0.3) is 11.1 Å². The van der Waals surface area contributed by atoms with Crippen LogP contribution in [-0.4, -0.2) is 94.2 Å². The lowest BCUT2D eigenvalue weighted by atomic mass is 9.98. The fourth-order valence-corrected chi connectivity index (χ4v) is 6.97. The number of unbranched alkanes of at least 4 members (excludes halogenated alkanes) is 1. The second kappa shape index (κ2) is 20.2. The lowest BCUT2D eigenvalue weighted by Gasteiger charge is -2.38. The molecular weight excluding hydrogens is 737 g/mol. The van der Waals surface area contributed by atoms with Crippen LogP contribution < -0.4 is 19.5 Å². The van der Waals surface area contributed by atoms with Gasteiger partial charge < -0.3 is 43.7 Å². The number of carboxylic acid groups (broad SMARTS) is 1. The van der Waals surface area contributed by atoms with Gasteiger partial charge in [0.15, 0.2) is 6.29 Å². The standard InChI is InChI=1S/C41H51F3N2O10/c1-25(2)19-33(45-40(50)56-24-32-29-15-9-7-13-27(29)28-14-8-10-16-30(28)32)38(49)46(34(22-41(42,43)44)39(53-5)54-6)23-31-35(51-3)20-26(21-36(31)52-4)55-18-12-11-17-37(47)48/h7-10,13-16,20-21,25,32-34,39H,11-12,17-19,22-24H2,1-6H3,(H,45,50)(H,47,48)/t33-,34-/m0/s1. The zero-order valence-electron chi connectivity index (χ0n) is 32.5. The monoisotopic (exact) mass is 788 g/mol. The van der Waals surface area contributed by atoms with Crippen LogP contribution in [0.1, 0.15) is 68.6 Å².